The normalized spacial score (nSPS) is 16.6. The van der Waals surface area contributed by atoms with Gasteiger partial charge in [-0.25, -0.2) is 0 Å². The van der Waals surface area contributed by atoms with E-state index in [9.17, 15) is 4.79 Å². The van der Waals surface area contributed by atoms with Crippen molar-refractivity contribution in [3.8, 4) is 11.5 Å². The van der Waals surface area contributed by atoms with E-state index in [0.29, 0.717) is 12.2 Å². The van der Waals surface area contributed by atoms with Gasteiger partial charge in [0.1, 0.15) is 5.70 Å². The van der Waals surface area contributed by atoms with Crippen LogP contribution in [0.2, 0.25) is 0 Å². The molecule has 24 heavy (non-hydrogen) atoms. The molecule has 2 N–H and O–H groups in total. The fourth-order valence-electron chi connectivity index (χ4n) is 3.55. The van der Waals surface area contributed by atoms with Crippen LogP contribution in [0.4, 0.5) is 0 Å². The number of nitrogens with zero attached hydrogens (tertiary/aromatic N) is 1. The number of hydrogen-bond acceptors (Lipinski definition) is 4. The Balaban J connectivity index is 1.92. The van der Waals surface area contributed by atoms with Crippen molar-refractivity contribution in [3.05, 3.63) is 57.3 Å². The number of fused-ring (bicyclic) bond motifs is 4. The van der Waals surface area contributed by atoms with Crippen molar-refractivity contribution >= 4 is 29.5 Å². The molecule has 3 aliphatic rings. The zero-order valence-electron chi connectivity index (χ0n) is 12.8. The summed E-state index contributed by atoms with van der Waals surface area (Å²) in [5, 5.41) is 3.94. The van der Waals surface area contributed by atoms with Crippen molar-refractivity contribution in [2.24, 2.45) is 5.73 Å². The fourth-order valence-corrected chi connectivity index (χ4v) is 3.55. The van der Waals surface area contributed by atoms with Crippen LogP contribution in [-0.2, 0) is 4.79 Å². The summed E-state index contributed by atoms with van der Waals surface area (Å²) in [5.41, 5.74) is 7.18. The number of ether oxygens (including phenoxy) is 2. The van der Waals surface area contributed by atoms with Crippen LogP contribution < -0.4 is 36.1 Å². The molecule has 0 aliphatic carbocycles. The van der Waals surface area contributed by atoms with E-state index >= 15 is 0 Å². The van der Waals surface area contributed by atoms with Crippen molar-refractivity contribution in [1.29, 1.82) is 0 Å². The van der Waals surface area contributed by atoms with E-state index in [2.05, 4.69) is 12.2 Å². The van der Waals surface area contributed by atoms with Gasteiger partial charge in [0.25, 0.3) is 5.91 Å². The Kier molecular flexibility index (Phi) is 2.56. The molecular weight excluding hydrogens is 304 g/mol. The van der Waals surface area contributed by atoms with Crippen molar-refractivity contribution in [2.75, 3.05) is 13.3 Å². The average Bonchev–Trinajstić information content (AvgIpc) is 3.04. The second-order valence-electron chi connectivity index (χ2n) is 5.94. The van der Waals surface area contributed by atoms with Gasteiger partial charge in [-0.2, -0.15) is 0 Å². The molecule has 3 heterocycles. The van der Waals surface area contributed by atoms with Gasteiger partial charge in [-0.1, -0.05) is 30.3 Å². The summed E-state index contributed by atoms with van der Waals surface area (Å²) in [5.74, 6) is 1.06. The Bertz CT molecular complexity index is 1150. The zero-order chi connectivity index (χ0) is 16.3. The summed E-state index contributed by atoms with van der Waals surface area (Å²) < 4.78 is 11.0. The van der Waals surface area contributed by atoms with E-state index in [4.69, 9.17) is 15.2 Å². The number of carbonyl (C=O) groups excluding carboxylic acids is 1. The molecule has 0 saturated heterocycles. The Morgan fingerprint density at radius 2 is 1.83 bits per heavy atom. The summed E-state index contributed by atoms with van der Waals surface area (Å²) in [4.78, 5) is 14.1. The summed E-state index contributed by atoms with van der Waals surface area (Å²) in [6, 6.07) is 11.8. The highest BCUT2D eigenvalue weighted by molar-refractivity contribution is 6.14. The van der Waals surface area contributed by atoms with Gasteiger partial charge in [0.05, 0.1) is 5.70 Å². The maximum absolute atomic E-state index is 12.1. The second-order valence-corrected chi connectivity index (χ2v) is 5.94. The van der Waals surface area contributed by atoms with Crippen LogP contribution in [0.25, 0.3) is 23.5 Å². The number of nitrogens with two attached hydrogens (primary N) is 1. The molecule has 118 valence electrons. The van der Waals surface area contributed by atoms with Crippen LogP contribution in [0.15, 0.2) is 36.4 Å². The third-order valence-electron chi connectivity index (χ3n) is 4.62. The number of carbonyl (C=O) groups is 1. The minimum atomic E-state index is -0.425. The number of benzene rings is 2. The predicted octanol–water partition coefficient (Wildman–Crippen LogP) is -1.29. The first-order valence-corrected chi connectivity index (χ1v) is 7.75. The van der Waals surface area contributed by atoms with Crippen molar-refractivity contribution < 1.29 is 14.3 Å². The molecule has 2 aromatic carbocycles. The van der Waals surface area contributed by atoms with E-state index in [0.717, 1.165) is 38.1 Å². The van der Waals surface area contributed by atoms with Gasteiger partial charge < -0.3 is 20.1 Å². The Hall–Kier alpha value is -3.21. The third kappa shape index (κ3) is 1.72. The first-order chi connectivity index (χ1) is 11.7. The summed E-state index contributed by atoms with van der Waals surface area (Å²) in [6.07, 6.45) is 4.17. The average molecular weight is 318 g/mol. The molecule has 0 unspecified atom stereocenters. The SMILES string of the molecule is NC(=O)C1=c2ccccc2=CC2=c3cc4c(cc3=CCN21)OCO4. The molecule has 0 aromatic heterocycles. The van der Waals surface area contributed by atoms with Crippen molar-refractivity contribution in [3.63, 3.8) is 0 Å². The van der Waals surface area contributed by atoms with Crippen LogP contribution in [0.3, 0.4) is 0 Å². The highest BCUT2D eigenvalue weighted by Gasteiger charge is 2.25. The monoisotopic (exact) mass is 318 g/mol. The van der Waals surface area contributed by atoms with Crippen LogP contribution in [0.5, 0.6) is 11.5 Å². The fraction of sp³-hybridized carbons (Fsp3) is 0.105. The van der Waals surface area contributed by atoms with E-state index in [1.807, 2.05) is 41.3 Å². The Labute approximate surface area is 137 Å². The van der Waals surface area contributed by atoms with Gasteiger partial charge in [-0.05, 0) is 28.6 Å². The lowest BCUT2D eigenvalue weighted by Gasteiger charge is -2.30. The maximum atomic E-state index is 12.1. The first kappa shape index (κ1) is 13.2. The van der Waals surface area contributed by atoms with Crippen molar-refractivity contribution in [2.45, 2.75) is 0 Å². The van der Waals surface area contributed by atoms with E-state index in [1.165, 1.54) is 0 Å². The van der Waals surface area contributed by atoms with Gasteiger partial charge in [0.2, 0.25) is 6.79 Å². The topological polar surface area (TPSA) is 64.8 Å². The zero-order valence-corrected chi connectivity index (χ0v) is 12.8. The number of hydrogen-bond donors (Lipinski definition) is 1. The lowest BCUT2D eigenvalue weighted by atomic mass is 10.0. The highest BCUT2D eigenvalue weighted by atomic mass is 16.7. The number of rotatable bonds is 1. The molecule has 0 saturated carbocycles. The molecule has 1 amide bonds. The molecule has 5 nitrogen and oxygen atoms in total. The van der Waals surface area contributed by atoms with Gasteiger partial charge >= 0.3 is 0 Å². The predicted molar refractivity (Wildman–Crippen MR) is 89.2 cm³/mol. The maximum Gasteiger partial charge on any atom is 0.266 e. The van der Waals surface area contributed by atoms with Crippen molar-refractivity contribution in [1.82, 2.24) is 4.90 Å². The lowest BCUT2D eigenvalue weighted by molar-refractivity contribution is -0.113. The largest absolute Gasteiger partial charge is 0.454 e. The van der Waals surface area contributed by atoms with Gasteiger partial charge in [-0.15, -0.1) is 0 Å². The molecule has 3 aliphatic heterocycles. The summed E-state index contributed by atoms with van der Waals surface area (Å²) in [6.45, 7) is 0.827. The first-order valence-electron chi connectivity index (χ1n) is 7.75. The quantitative estimate of drug-likeness (QED) is 0.710. The molecule has 0 radical (unpaired) electrons. The minimum Gasteiger partial charge on any atom is -0.454 e. The van der Waals surface area contributed by atoms with Crippen LogP contribution in [-0.4, -0.2) is 24.1 Å². The molecule has 0 bridgehead atoms. The van der Waals surface area contributed by atoms with Gasteiger partial charge in [0, 0.05) is 17.0 Å². The second kappa shape index (κ2) is 4.64. The Morgan fingerprint density at radius 1 is 1.04 bits per heavy atom. The summed E-state index contributed by atoms with van der Waals surface area (Å²) >= 11 is 0. The standard InChI is InChI=1S/C19H14N2O3/c20-19(22)18-13-4-2-1-3-11(13)7-15-14-9-17-16(23-10-24-17)8-12(14)5-6-21(15)18/h1-5,7-9H,6,10H2,(H2,20,22). The number of amides is 1. The molecule has 2 aromatic rings. The molecule has 0 atom stereocenters. The molecule has 5 rings (SSSR count). The van der Waals surface area contributed by atoms with Gasteiger partial charge in [-0.3, -0.25) is 4.79 Å². The van der Waals surface area contributed by atoms with E-state index in [1.54, 1.807) is 0 Å². The molecule has 0 spiro atoms. The van der Waals surface area contributed by atoms with Crippen LogP contribution in [0.1, 0.15) is 0 Å². The molecular formula is C19H14N2O3. The molecule has 5 heteroatoms. The molecule has 0 fully saturated rings. The third-order valence-corrected chi connectivity index (χ3v) is 4.62. The smallest absolute Gasteiger partial charge is 0.266 e. The summed E-state index contributed by atoms with van der Waals surface area (Å²) in [7, 11) is 0. The number of primary amides is 1. The van der Waals surface area contributed by atoms with E-state index < -0.39 is 5.91 Å². The van der Waals surface area contributed by atoms with Crippen LogP contribution >= 0.6 is 0 Å². The van der Waals surface area contributed by atoms with Gasteiger partial charge in [0.15, 0.2) is 11.5 Å². The van der Waals surface area contributed by atoms with Crippen LogP contribution in [0, 0.1) is 0 Å². The lowest BCUT2D eigenvalue weighted by Crippen LogP contribution is -2.48. The minimum absolute atomic E-state index is 0.239. The highest BCUT2D eigenvalue weighted by Crippen LogP contribution is 2.29. The Morgan fingerprint density at radius 3 is 2.67 bits per heavy atom. The van der Waals surface area contributed by atoms with E-state index in [-0.39, 0.29) is 6.79 Å².